The van der Waals surface area contributed by atoms with Gasteiger partial charge in [0.15, 0.2) is 0 Å². The van der Waals surface area contributed by atoms with Crippen LogP contribution in [-0.4, -0.2) is 45.5 Å². The van der Waals surface area contributed by atoms with Crippen molar-refractivity contribution in [2.45, 2.75) is 38.1 Å². The molecule has 1 aromatic carbocycles. The lowest BCUT2D eigenvalue weighted by Crippen LogP contribution is -2.41. The molecule has 1 atom stereocenters. The molecule has 1 unspecified atom stereocenters. The van der Waals surface area contributed by atoms with Crippen LogP contribution >= 0.6 is 0 Å². The van der Waals surface area contributed by atoms with Crippen LogP contribution < -0.4 is 10.0 Å². The second-order valence-electron chi connectivity index (χ2n) is 5.50. The largest absolute Gasteiger partial charge is 0.384 e. The molecule has 2 rings (SSSR count). The Bertz CT molecular complexity index is 583. The van der Waals surface area contributed by atoms with E-state index >= 15 is 0 Å². The van der Waals surface area contributed by atoms with E-state index in [4.69, 9.17) is 0 Å². The number of likely N-dealkylation sites (N-methyl/N-ethyl adjacent to an activating group) is 1. The van der Waals surface area contributed by atoms with Crippen molar-refractivity contribution in [3.63, 3.8) is 0 Å². The second kappa shape index (κ2) is 6.77. The highest BCUT2D eigenvalue weighted by Crippen LogP contribution is 2.25. The Balaban J connectivity index is 2.08. The summed E-state index contributed by atoms with van der Waals surface area (Å²) in [6, 6.07) is 5.19. The third kappa shape index (κ3) is 3.96. The maximum Gasteiger partial charge on any atom is 0.240 e. The van der Waals surface area contributed by atoms with E-state index in [1.54, 1.807) is 12.1 Å². The highest BCUT2D eigenvalue weighted by Gasteiger charge is 2.21. The van der Waals surface area contributed by atoms with Gasteiger partial charge in [-0.2, -0.15) is 0 Å². The van der Waals surface area contributed by atoms with E-state index in [1.807, 2.05) is 13.0 Å². The average Bonchev–Trinajstić information content (AvgIpc) is 2.91. The van der Waals surface area contributed by atoms with Gasteiger partial charge in [-0.25, -0.2) is 13.1 Å². The molecule has 0 radical (unpaired) electrons. The van der Waals surface area contributed by atoms with Gasteiger partial charge in [0.05, 0.1) is 4.90 Å². The smallest absolute Gasteiger partial charge is 0.240 e. The first-order valence-corrected chi connectivity index (χ1v) is 9.06. The molecule has 0 aromatic heterocycles. The standard InChI is InChI=1S/C15H25N3O2S/c1-4-18(5-2)11-12(3)17-21(19,20)14-6-7-15-13(10-14)8-9-16-15/h6-7,10,12,16-17H,4-5,8-9,11H2,1-3H3. The van der Waals surface area contributed by atoms with E-state index in [1.165, 1.54) is 0 Å². The number of sulfonamides is 1. The fraction of sp³-hybridized carbons (Fsp3) is 0.600. The monoisotopic (exact) mass is 311 g/mol. The lowest BCUT2D eigenvalue weighted by atomic mass is 10.2. The van der Waals surface area contributed by atoms with Gasteiger partial charge in [-0.05, 0) is 50.2 Å². The van der Waals surface area contributed by atoms with E-state index in [-0.39, 0.29) is 6.04 Å². The average molecular weight is 311 g/mol. The molecule has 1 aliphatic heterocycles. The predicted molar refractivity (Wildman–Crippen MR) is 86.2 cm³/mol. The number of hydrogen-bond donors (Lipinski definition) is 2. The van der Waals surface area contributed by atoms with Crippen molar-refractivity contribution in [3.05, 3.63) is 23.8 Å². The molecule has 0 saturated heterocycles. The zero-order chi connectivity index (χ0) is 15.5. The SMILES string of the molecule is CCN(CC)CC(C)NS(=O)(=O)c1ccc2c(c1)CCN2. The van der Waals surface area contributed by atoms with Gasteiger partial charge < -0.3 is 10.2 Å². The Morgan fingerprint density at radius 1 is 1.33 bits per heavy atom. The molecule has 0 fully saturated rings. The Kier molecular flexibility index (Phi) is 5.24. The second-order valence-corrected chi connectivity index (χ2v) is 7.22. The normalized spacial score (nSPS) is 15.8. The Morgan fingerprint density at radius 3 is 2.71 bits per heavy atom. The van der Waals surface area contributed by atoms with Crippen LogP contribution in [0.2, 0.25) is 0 Å². The number of rotatable bonds is 7. The first-order chi connectivity index (χ1) is 9.96. The summed E-state index contributed by atoms with van der Waals surface area (Å²) in [5, 5.41) is 3.24. The summed E-state index contributed by atoms with van der Waals surface area (Å²) in [6.45, 7) is 9.52. The van der Waals surface area contributed by atoms with Gasteiger partial charge in [0.25, 0.3) is 0 Å². The summed E-state index contributed by atoms with van der Waals surface area (Å²) >= 11 is 0. The van der Waals surface area contributed by atoms with E-state index in [0.29, 0.717) is 4.90 Å². The van der Waals surface area contributed by atoms with Crippen LogP contribution in [0.1, 0.15) is 26.3 Å². The minimum Gasteiger partial charge on any atom is -0.384 e. The van der Waals surface area contributed by atoms with Crippen LogP contribution in [-0.2, 0) is 16.4 Å². The molecule has 1 aromatic rings. The number of fused-ring (bicyclic) bond motifs is 1. The molecule has 1 heterocycles. The molecule has 1 aliphatic rings. The van der Waals surface area contributed by atoms with Gasteiger partial charge in [0.1, 0.15) is 0 Å². The van der Waals surface area contributed by atoms with Crippen molar-refractivity contribution < 1.29 is 8.42 Å². The van der Waals surface area contributed by atoms with Crippen LogP contribution in [0.5, 0.6) is 0 Å². The van der Waals surface area contributed by atoms with E-state index in [2.05, 4.69) is 28.8 Å². The summed E-state index contributed by atoms with van der Waals surface area (Å²) < 4.78 is 27.7. The third-order valence-corrected chi connectivity index (χ3v) is 5.47. The van der Waals surface area contributed by atoms with Gasteiger partial charge in [0, 0.05) is 24.8 Å². The summed E-state index contributed by atoms with van der Waals surface area (Å²) in [4.78, 5) is 2.57. The summed E-state index contributed by atoms with van der Waals surface area (Å²) in [5.74, 6) is 0. The number of hydrogen-bond acceptors (Lipinski definition) is 4. The molecule has 0 bridgehead atoms. The number of nitrogens with one attached hydrogen (secondary N) is 2. The Hall–Kier alpha value is -1.11. The van der Waals surface area contributed by atoms with Crippen LogP contribution in [0.3, 0.4) is 0 Å². The first-order valence-electron chi connectivity index (χ1n) is 7.57. The lowest BCUT2D eigenvalue weighted by Gasteiger charge is -2.23. The molecular formula is C15H25N3O2S. The molecule has 6 heteroatoms. The molecule has 0 amide bonds. The summed E-state index contributed by atoms with van der Waals surface area (Å²) in [6.07, 6.45) is 0.883. The zero-order valence-electron chi connectivity index (χ0n) is 13.0. The summed E-state index contributed by atoms with van der Waals surface area (Å²) in [7, 11) is -3.45. The maximum absolute atomic E-state index is 12.5. The van der Waals surface area contributed by atoms with Gasteiger partial charge in [0.2, 0.25) is 10.0 Å². The molecule has 5 nitrogen and oxygen atoms in total. The van der Waals surface area contributed by atoms with Crippen molar-refractivity contribution in [2.24, 2.45) is 0 Å². The van der Waals surface area contributed by atoms with Crippen LogP contribution in [0.15, 0.2) is 23.1 Å². The fourth-order valence-electron chi connectivity index (χ4n) is 2.69. The Labute approximate surface area is 127 Å². The minimum absolute atomic E-state index is 0.110. The molecule has 0 spiro atoms. The number of anilines is 1. The Morgan fingerprint density at radius 2 is 2.05 bits per heavy atom. The zero-order valence-corrected chi connectivity index (χ0v) is 13.8. The van der Waals surface area contributed by atoms with Crippen LogP contribution in [0, 0.1) is 0 Å². The van der Waals surface area contributed by atoms with Crippen LogP contribution in [0.25, 0.3) is 0 Å². The molecule has 0 aliphatic carbocycles. The highest BCUT2D eigenvalue weighted by atomic mass is 32.2. The molecular weight excluding hydrogens is 286 g/mol. The maximum atomic E-state index is 12.5. The van der Waals surface area contributed by atoms with Crippen molar-refractivity contribution in [1.29, 1.82) is 0 Å². The lowest BCUT2D eigenvalue weighted by molar-refractivity contribution is 0.282. The molecule has 118 valence electrons. The highest BCUT2D eigenvalue weighted by molar-refractivity contribution is 7.89. The third-order valence-electron chi connectivity index (χ3n) is 3.88. The molecule has 0 saturated carbocycles. The van der Waals surface area contributed by atoms with Crippen molar-refractivity contribution in [2.75, 3.05) is 31.5 Å². The predicted octanol–water partition coefficient (Wildman–Crippen LogP) is 1.66. The van der Waals surface area contributed by atoms with Gasteiger partial charge in [-0.15, -0.1) is 0 Å². The van der Waals surface area contributed by atoms with Crippen molar-refractivity contribution >= 4 is 15.7 Å². The minimum atomic E-state index is -3.45. The quantitative estimate of drug-likeness (QED) is 0.804. The number of benzene rings is 1. The van der Waals surface area contributed by atoms with Crippen molar-refractivity contribution in [1.82, 2.24) is 9.62 Å². The molecule has 21 heavy (non-hydrogen) atoms. The topological polar surface area (TPSA) is 61.4 Å². The van der Waals surface area contributed by atoms with Gasteiger partial charge >= 0.3 is 0 Å². The fourth-order valence-corrected chi connectivity index (χ4v) is 3.97. The number of nitrogens with zero attached hydrogens (tertiary/aromatic N) is 1. The van der Waals surface area contributed by atoms with E-state index in [9.17, 15) is 8.42 Å². The van der Waals surface area contributed by atoms with E-state index < -0.39 is 10.0 Å². The van der Waals surface area contributed by atoms with Crippen LogP contribution in [0.4, 0.5) is 5.69 Å². The van der Waals surface area contributed by atoms with E-state index in [0.717, 1.165) is 43.9 Å². The first kappa shape index (κ1) is 16.3. The molecule has 2 N–H and O–H groups in total. The van der Waals surface area contributed by atoms with Gasteiger partial charge in [-0.3, -0.25) is 0 Å². The van der Waals surface area contributed by atoms with Crippen molar-refractivity contribution in [3.8, 4) is 0 Å². The summed E-state index contributed by atoms with van der Waals surface area (Å²) in [5.41, 5.74) is 2.12. The van der Waals surface area contributed by atoms with Gasteiger partial charge in [-0.1, -0.05) is 13.8 Å².